The number of carbonyl (C=O) groups excluding carboxylic acids is 2. The normalized spacial score (nSPS) is 14.8. The zero-order valence-electron chi connectivity index (χ0n) is 12.3. The third-order valence-electron chi connectivity index (χ3n) is 3.58. The highest BCUT2D eigenvalue weighted by Crippen LogP contribution is 2.23. The van der Waals surface area contributed by atoms with Crippen molar-refractivity contribution >= 4 is 11.8 Å². The highest BCUT2D eigenvalue weighted by molar-refractivity contribution is 6.04. The van der Waals surface area contributed by atoms with Gasteiger partial charge >= 0.3 is 0 Å². The van der Waals surface area contributed by atoms with Gasteiger partial charge in [0.1, 0.15) is 5.41 Å². The SMILES string of the molecule is Cc1cccc(CNC(=O)C(C)(C)C(=O)NC2CC2)c1. The fourth-order valence-corrected chi connectivity index (χ4v) is 1.92. The molecule has 2 amide bonds. The van der Waals surface area contributed by atoms with Crippen molar-refractivity contribution in [2.75, 3.05) is 0 Å². The summed E-state index contributed by atoms with van der Waals surface area (Å²) in [4.78, 5) is 24.2. The molecule has 4 heteroatoms. The van der Waals surface area contributed by atoms with Gasteiger partial charge in [0.15, 0.2) is 0 Å². The molecule has 4 nitrogen and oxygen atoms in total. The molecule has 0 atom stereocenters. The van der Waals surface area contributed by atoms with Gasteiger partial charge in [-0.25, -0.2) is 0 Å². The zero-order chi connectivity index (χ0) is 14.8. The van der Waals surface area contributed by atoms with E-state index in [0.717, 1.165) is 24.0 Å². The molecule has 1 fully saturated rings. The van der Waals surface area contributed by atoms with Crippen LogP contribution in [0.2, 0.25) is 0 Å². The third-order valence-corrected chi connectivity index (χ3v) is 3.58. The van der Waals surface area contributed by atoms with Gasteiger partial charge in [0.2, 0.25) is 11.8 Å². The number of rotatable bonds is 5. The second kappa shape index (κ2) is 5.65. The molecule has 20 heavy (non-hydrogen) atoms. The summed E-state index contributed by atoms with van der Waals surface area (Å²) in [7, 11) is 0. The van der Waals surface area contributed by atoms with Crippen LogP contribution >= 0.6 is 0 Å². The van der Waals surface area contributed by atoms with Crippen LogP contribution in [0.15, 0.2) is 24.3 Å². The molecule has 1 aliphatic carbocycles. The molecule has 1 aromatic rings. The summed E-state index contributed by atoms with van der Waals surface area (Å²) in [5.41, 5.74) is 1.16. The van der Waals surface area contributed by atoms with Gasteiger partial charge in [-0.3, -0.25) is 9.59 Å². The van der Waals surface area contributed by atoms with Gasteiger partial charge in [0, 0.05) is 12.6 Å². The fourth-order valence-electron chi connectivity index (χ4n) is 1.92. The van der Waals surface area contributed by atoms with E-state index >= 15 is 0 Å². The summed E-state index contributed by atoms with van der Waals surface area (Å²) in [6.07, 6.45) is 2.04. The molecular weight excluding hydrogens is 252 g/mol. The molecule has 1 aromatic carbocycles. The first kappa shape index (κ1) is 14.6. The van der Waals surface area contributed by atoms with Crippen molar-refractivity contribution in [2.24, 2.45) is 5.41 Å². The van der Waals surface area contributed by atoms with Crippen LogP contribution in [-0.4, -0.2) is 17.9 Å². The van der Waals surface area contributed by atoms with Crippen LogP contribution in [0.25, 0.3) is 0 Å². The first-order chi connectivity index (χ1) is 9.39. The Kier molecular flexibility index (Phi) is 4.12. The Bertz CT molecular complexity index is 519. The second-order valence-corrected chi connectivity index (χ2v) is 6.04. The fraction of sp³-hybridized carbons (Fsp3) is 0.500. The van der Waals surface area contributed by atoms with E-state index in [4.69, 9.17) is 0 Å². The summed E-state index contributed by atoms with van der Waals surface area (Å²) in [6.45, 7) is 5.78. The lowest BCUT2D eigenvalue weighted by Gasteiger charge is -2.22. The van der Waals surface area contributed by atoms with Gasteiger partial charge in [-0.05, 0) is 39.2 Å². The van der Waals surface area contributed by atoms with E-state index in [0.29, 0.717) is 6.54 Å². The number of amides is 2. The van der Waals surface area contributed by atoms with Gasteiger partial charge in [0.05, 0.1) is 0 Å². The monoisotopic (exact) mass is 274 g/mol. The van der Waals surface area contributed by atoms with Gasteiger partial charge in [-0.2, -0.15) is 0 Å². The molecule has 0 bridgehead atoms. The molecule has 1 saturated carbocycles. The molecule has 0 spiro atoms. The molecule has 108 valence electrons. The minimum absolute atomic E-state index is 0.193. The zero-order valence-corrected chi connectivity index (χ0v) is 12.3. The van der Waals surface area contributed by atoms with E-state index in [1.807, 2.05) is 31.2 Å². The maximum atomic E-state index is 12.2. The Balaban J connectivity index is 1.91. The molecule has 0 unspecified atom stereocenters. The third kappa shape index (κ3) is 3.59. The minimum Gasteiger partial charge on any atom is -0.352 e. The molecular formula is C16H22N2O2. The van der Waals surface area contributed by atoms with Crippen molar-refractivity contribution in [1.29, 1.82) is 0 Å². The number of aryl methyl sites for hydroxylation is 1. The molecule has 2 N–H and O–H groups in total. The van der Waals surface area contributed by atoms with Crippen molar-refractivity contribution in [3.63, 3.8) is 0 Å². The lowest BCUT2D eigenvalue weighted by atomic mass is 9.91. The quantitative estimate of drug-likeness (QED) is 0.806. The Labute approximate surface area is 119 Å². The number of hydrogen-bond acceptors (Lipinski definition) is 2. The van der Waals surface area contributed by atoms with Crippen molar-refractivity contribution in [3.05, 3.63) is 35.4 Å². The molecule has 2 rings (SSSR count). The van der Waals surface area contributed by atoms with E-state index in [2.05, 4.69) is 10.6 Å². The lowest BCUT2D eigenvalue weighted by Crippen LogP contribution is -2.48. The van der Waals surface area contributed by atoms with Gasteiger partial charge in [0.25, 0.3) is 0 Å². The van der Waals surface area contributed by atoms with Crippen LogP contribution in [0.3, 0.4) is 0 Å². The van der Waals surface area contributed by atoms with Crippen LogP contribution < -0.4 is 10.6 Å². The van der Waals surface area contributed by atoms with E-state index in [-0.39, 0.29) is 17.9 Å². The maximum Gasteiger partial charge on any atom is 0.235 e. The van der Waals surface area contributed by atoms with Crippen LogP contribution in [0.4, 0.5) is 0 Å². The van der Waals surface area contributed by atoms with Crippen molar-refractivity contribution < 1.29 is 9.59 Å². The van der Waals surface area contributed by atoms with Gasteiger partial charge < -0.3 is 10.6 Å². The summed E-state index contributed by atoms with van der Waals surface area (Å²) < 4.78 is 0. The summed E-state index contributed by atoms with van der Waals surface area (Å²) in [6, 6.07) is 8.23. The molecule has 1 aliphatic rings. The van der Waals surface area contributed by atoms with Crippen LogP contribution in [-0.2, 0) is 16.1 Å². The average Bonchev–Trinajstić information content (AvgIpc) is 3.19. The van der Waals surface area contributed by atoms with Crippen molar-refractivity contribution in [1.82, 2.24) is 10.6 Å². The lowest BCUT2D eigenvalue weighted by molar-refractivity contribution is -0.141. The van der Waals surface area contributed by atoms with Gasteiger partial charge in [-0.15, -0.1) is 0 Å². The summed E-state index contributed by atoms with van der Waals surface area (Å²) in [5, 5.41) is 5.72. The van der Waals surface area contributed by atoms with Crippen molar-refractivity contribution in [3.8, 4) is 0 Å². The minimum atomic E-state index is -1.04. The highest BCUT2D eigenvalue weighted by Gasteiger charge is 2.38. The van der Waals surface area contributed by atoms with Gasteiger partial charge in [-0.1, -0.05) is 29.8 Å². The Morgan fingerprint density at radius 1 is 1.25 bits per heavy atom. The summed E-state index contributed by atoms with van der Waals surface area (Å²) in [5.74, 6) is -0.432. The largest absolute Gasteiger partial charge is 0.352 e. The maximum absolute atomic E-state index is 12.2. The summed E-state index contributed by atoms with van der Waals surface area (Å²) >= 11 is 0. The predicted molar refractivity (Wildman–Crippen MR) is 78.0 cm³/mol. The van der Waals surface area contributed by atoms with E-state index in [1.54, 1.807) is 13.8 Å². The number of nitrogens with one attached hydrogen (secondary N) is 2. The number of carbonyl (C=O) groups is 2. The average molecular weight is 274 g/mol. The molecule has 0 heterocycles. The first-order valence-electron chi connectivity index (χ1n) is 7.04. The highest BCUT2D eigenvalue weighted by atomic mass is 16.2. The predicted octanol–water partition coefficient (Wildman–Crippen LogP) is 1.92. The van der Waals surface area contributed by atoms with E-state index in [1.165, 1.54) is 0 Å². The molecule has 0 radical (unpaired) electrons. The standard InChI is InChI=1S/C16H22N2O2/c1-11-5-4-6-12(9-11)10-17-14(19)16(2,3)15(20)18-13-7-8-13/h4-6,9,13H,7-8,10H2,1-3H3,(H,17,19)(H,18,20). The topological polar surface area (TPSA) is 58.2 Å². The van der Waals surface area contributed by atoms with E-state index in [9.17, 15) is 9.59 Å². The van der Waals surface area contributed by atoms with Crippen LogP contribution in [0.5, 0.6) is 0 Å². The van der Waals surface area contributed by atoms with Crippen molar-refractivity contribution in [2.45, 2.75) is 46.2 Å². The smallest absolute Gasteiger partial charge is 0.235 e. The Morgan fingerprint density at radius 2 is 1.95 bits per heavy atom. The Morgan fingerprint density at radius 3 is 2.55 bits per heavy atom. The van der Waals surface area contributed by atoms with Crippen LogP contribution in [0, 0.1) is 12.3 Å². The first-order valence-corrected chi connectivity index (χ1v) is 7.04. The second-order valence-electron chi connectivity index (χ2n) is 6.04. The van der Waals surface area contributed by atoms with E-state index < -0.39 is 5.41 Å². The number of benzene rings is 1. The molecule has 0 aliphatic heterocycles. The molecule has 0 aromatic heterocycles. The Hall–Kier alpha value is -1.84. The number of hydrogen-bond donors (Lipinski definition) is 2. The molecule has 0 saturated heterocycles. The van der Waals surface area contributed by atoms with Crippen LogP contribution in [0.1, 0.15) is 37.8 Å².